The van der Waals surface area contributed by atoms with Crippen molar-refractivity contribution in [1.82, 2.24) is 19.8 Å². The van der Waals surface area contributed by atoms with Crippen LogP contribution in [0.1, 0.15) is 5.56 Å². The van der Waals surface area contributed by atoms with Crippen molar-refractivity contribution in [2.24, 2.45) is 0 Å². The highest BCUT2D eigenvalue weighted by Gasteiger charge is 2.28. The third-order valence-corrected chi connectivity index (χ3v) is 7.69. The second-order valence-corrected chi connectivity index (χ2v) is 10.4. The number of fused-ring (bicyclic) bond motifs is 1. The molecule has 3 aromatic heterocycles. The lowest BCUT2D eigenvalue weighted by Gasteiger charge is -2.10. The zero-order valence-electron chi connectivity index (χ0n) is 18.8. The molecule has 0 fully saturated rings. The summed E-state index contributed by atoms with van der Waals surface area (Å²) in [7, 11) is -4.37. The molecule has 0 bridgehead atoms. The minimum absolute atomic E-state index is 0.152. The second-order valence-electron chi connectivity index (χ2n) is 7.77. The van der Waals surface area contributed by atoms with Crippen molar-refractivity contribution in [3.05, 3.63) is 91.8 Å². The number of nitrogens with one attached hydrogen (secondary N) is 1. The predicted molar refractivity (Wildman–Crippen MR) is 135 cm³/mol. The number of hydrogen-bond acceptors (Lipinski definition) is 10. The van der Waals surface area contributed by atoms with Gasteiger partial charge in [-0.1, -0.05) is 18.2 Å². The first-order valence-electron chi connectivity index (χ1n) is 10.5. The van der Waals surface area contributed by atoms with Gasteiger partial charge < -0.3 is 0 Å². The Balaban J connectivity index is 1.45. The molecule has 0 amide bonds. The smallest absolute Gasteiger partial charge is 0.280 e. The van der Waals surface area contributed by atoms with Crippen LogP contribution in [0.3, 0.4) is 0 Å². The predicted octanol–water partition coefficient (Wildman–Crippen LogP) is 4.45. The van der Waals surface area contributed by atoms with Crippen LogP contribution in [0, 0.1) is 27.2 Å². The molecule has 15 heteroatoms. The molecule has 0 saturated heterocycles. The molecule has 13 nitrogen and oxygen atoms in total. The van der Waals surface area contributed by atoms with Crippen LogP contribution in [0.4, 0.5) is 17.1 Å². The zero-order chi connectivity index (χ0) is 26.3. The maximum atomic E-state index is 12.9. The summed E-state index contributed by atoms with van der Waals surface area (Å²) in [5.41, 5.74) is 0.418. The molecular formula is C22H15N7O6S2. The van der Waals surface area contributed by atoms with Gasteiger partial charge in [0.25, 0.3) is 21.4 Å². The van der Waals surface area contributed by atoms with Gasteiger partial charge >= 0.3 is 0 Å². The van der Waals surface area contributed by atoms with Gasteiger partial charge in [0.15, 0.2) is 11.5 Å². The molecule has 0 atom stereocenters. The monoisotopic (exact) mass is 537 g/mol. The summed E-state index contributed by atoms with van der Waals surface area (Å²) in [5.74, 6) is 0.595. The molecule has 0 aliphatic heterocycles. The third-order valence-electron chi connectivity index (χ3n) is 5.47. The van der Waals surface area contributed by atoms with E-state index in [0.717, 1.165) is 17.0 Å². The minimum atomic E-state index is -4.37. The van der Waals surface area contributed by atoms with Gasteiger partial charge in [0.1, 0.15) is 10.5 Å². The van der Waals surface area contributed by atoms with Crippen LogP contribution < -0.4 is 4.72 Å². The molecule has 0 radical (unpaired) electrons. The highest BCUT2D eigenvalue weighted by Crippen LogP contribution is 2.32. The lowest BCUT2D eigenvalue weighted by Crippen LogP contribution is -2.14. The van der Waals surface area contributed by atoms with Crippen molar-refractivity contribution >= 4 is 44.1 Å². The summed E-state index contributed by atoms with van der Waals surface area (Å²) in [6.07, 6.45) is 0. The molecule has 5 rings (SSSR count). The fourth-order valence-corrected chi connectivity index (χ4v) is 5.41. The largest absolute Gasteiger partial charge is 0.280 e. The van der Waals surface area contributed by atoms with Crippen molar-refractivity contribution in [1.29, 1.82) is 0 Å². The van der Waals surface area contributed by atoms with Gasteiger partial charge in [0.05, 0.1) is 20.4 Å². The van der Waals surface area contributed by atoms with Gasteiger partial charge in [0, 0.05) is 23.4 Å². The fraction of sp³-hybridized carbons (Fsp3) is 0.0455. The molecule has 0 aliphatic carbocycles. The Hall–Kier alpha value is -4.76. The van der Waals surface area contributed by atoms with Gasteiger partial charge in [-0.2, -0.15) is 9.61 Å². The highest BCUT2D eigenvalue weighted by atomic mass is 32.2. The molecule has 186 valence electrons. The quantitative estimate of drug-likeness (QED) is 0.232. The van der Waals surface area contributed by atoms with Crippen LogP contribution in [-0.4, -0.2) is 38.1 Å². The summed E-state index contributed by atoms with van der Waals surface area (Å²) in [6, 6.07) is 15.2. The highest BCUT2D eigenvalue weighted by molar-refractivity contribution is 7.92. The summed E-state index contributed by atoms with van der Waals surface area (Å²) >= 11 is 1.50. The van der Waals surface area contributed by atoms with E-state index < -0.39 is 36.1 Å². The number of hydrogen-bond donors (Lipinski definition) is 1. The average molecular weight is 538 g/mol. The molecule has 3 heterocycles. The van der Waals surface area contributed by atoms with Crippen LogP contribution >= 0.6 is 11.3 Å². The van der Waals surface area contributed by atoms with Crippen LogP contribution in [0.15, 0.2) is 70.9 Å². The topological polar surface area (TPSA) is 176 Å². The fourth-order valence-electron chi connectivity index (χ4n) is 3.62. The number of nitro groups is 2. The van der Waals surface area contributed by atoms with Crippen molar-refractivity contribution in [3.63, 3.8) is 0 Å². The van der Waals surface area contributed by atoms with Gasteiger partial charge in [-0.05, 0) is 42.6 Å². The average Bonchev–Trinajstić information content (AvgIpc) is 3.53. The first-order chi connectivity index (χ1) is 17.6. The molecule has 0 unspecified atom stereocenters. The summed E-state index contributed by atoms with van der Waals surface area (Å²) in [5, 5.41) is 37.5. The molecule has 37 heavy (non-hydrogen) atoms. The van der Waals surface area contributed by atoms with Gasteiger partial charge in [0.2, 0.25) is 0 Å². The van der Waals surface area contributed by atoms with Crippen molar-refractivity contribution < 1.29 is 18.3 Å². The lowest BCUT2D eigenvalue weighted by atomic mass is 10.1. The number of thiophene rings is 1. The third kappa shape index (κ3) is 4.48. The maximum Gasteiger partial charge on any atom is 0.280 e. The number of anilines is 1. The zero-order valence-corrected chi connectivity index (χ0v) is 20.4. The standard InChI is InChI=1S/C22H15N7O6S2/c1-13-18(28(30)31)11-16(12-19(13)29(32)33)37(34,35)26-15-6-4-14(5-7-15)17-8-9-21-23-24-22(27(21)25-17)20-3-2-10-36-20/h2-12,26H,1H3. The van der Waals surface area contributed by atoms with Crippen LogP contribution in [0.25, 0.3) is 27.6 Å². The first-order valence-corrected chi connectivity index (χ1v) is 12.8. The van der Waals surface area contributed by atoms with Gasteiger partial charge in [-0.15, -0.1) is 21.5 Å². The number of nitro benzene ring substituents is 2. The maximum absolute atomic E-state index is 12.9. The summed E-state index contributed by atoms with van der Waals surface area (Å²) in [4.78, 5) is 21.2. The normalized spacial score (nSPS) is 11.5. The number of aromatic nitrogens is 4. The number of sulfonamides is 1. The van der Waals surface area contributed by atoms with Gasteiger partial charge in [-0.25, -0.2) is 8.42 Å². The molecule has 0 saturated carbocycles. The number of benzene rings is 2. The summed E-state index contributed by atoms with van der Waals surface area (Å²) < 4.78 is 29.7. The number of rotatable bonds is 7. The van der Waals surface area contributed by atoms with Gasteiger partial charge in [-0.3, -0.25) is 25.0 Å². The van der Waals surface area contributed by atoms with Crippen molar-refractivity contribution in [2.75, 3.05) is 4.72 Å². The van der Waals surface area contributed by atoms with E-state index in [4.69, 9.17) is 0 Å². The van der Waals surface area contributed by atoms with E-state index in [1.807, 2.05) is 17.5 Å². The Morgan fingerprint density at radius 2 is 1.62 bits per heavy atom. The Bertz CT molecular complexity index is 1750. The van der Waals surface area contributed by atoms with Crippen LogP contribution in [0.2, 0.25) is 0 Å². The molecular weight excluding hydrogens is 522 g/mol. The van der Waals surface area contributed by atoms with E-state index in [0.29, 0.717) is 22.7 Å². The molecule has 0 spiro atoms. The van der Waals surface area contributed by atoms with Crippen LogP contribution in [-0.2, 0) is 10.0 Å². The first kappa shape index (κ1) is 24.0. The van der Waals surface area contributed by atoms with Crippen molar-refractivity contribution in [3.8, 4) is 22.0 Å². The Kier molecular flexibility index (Phi) is 5.85. The van der Waals surface area contributed by atoms with E-state index in [1.54, 1.807) is 28.8 Å². The molecule has 2 aromatic carbocycles. The Labute approximate surface area is 212 Å². The van der Waals surface area contributed by atoms with E-state index in [2.05, 4.69) is 20.0 Å². The molecule has 5 aromatic rings. The second kappa shape index (κ2) is 9.03. The number of nitrogens with zero attached hydrogens (tertiary/aromatic N) is 6. The molecule has 0 aliphatic rings. The van der Waals surface area contributed by atoms with Crippen LogP contribution in [0.5, 0.6) is 0 Å². The Morgan fingerprint density at radius 1 is 0.946 bits per heavy atom. The minimum Gasteiger partial charge on any atom is -0.280 e. The SMILES string of the molecule is Cc1c([N+](=O)[O-])cc(S(=O)(=O)Nc2ccc(-c3ccc4nnc(-c5cccs5)n4n3)cc2)cc1[N+](=O)[O-]. The molecule has 1 N–H and O–H groups in total. The van der Waals surface area contributed by atoms with E-state index in [-0.39, 0.29) is 11.3 Å². The Morgan fingerprint density at radius 3 is 2.22 bits per heavy atom. The lowest BCUT2D eigenvalue weighted by molar-refractivity contribution is -0.395. The van der Waals surface area contributed by atoms with Crippen molar-refractivity contribution in [2.45, 2.75) is 11.8 Å². The van der Waals surface area contributed by atoms with E-state index >= 15 is 0 Å². The van der Waals surface area contributed by atoms with E-state index in [9.17, 15) is 28.6 Å². The summed E-state index contributed by atoms with van der Waals surface area (Å²) in [6.45, 7) is 1.19. The van der Waals surface area contributed by atoms with E-state index in [1.165, 1.54) is 30.4 Å².